The fourth-order valence-electron chi connectivity index (χ4n) is 2.04. The van der Waals surface area contributed by atoms with Crippen molar-refractivity contribution in [2.45, 2.75) is 31.5 Å². The number of aromatic nitrogens is 4. The summed E-state index contributed by atoms with van der Waals surface area (Å²) >= 11 is 1.47. The molecule has 1 amide bonds. The molecule has 21 heavy (non-hydrogen) atoms. The second-order valence-electron chi connectivity index (χ2n) is 4.83. The number of benzene rings is 1. The minimum Gasteiger partial charge on any atom is -0.350 e. The predicted molar refractivity (Wildman–Crippen MR) is 81.9 cm³/mol. The minimum absolute atomic E-state index is 0.0141. The van der Waals surface area contributed by atoms with Gasteiger partial charge in [0.2, 0.25) is 11.1 Å². The Bertz CT molecular complexity index is 613. The zero-order chi connectivity index (χ0) is 15.2. The molecule has 0 saturated carbocycles. The van der Waals surface area contributed by atoms with Crippen LogP contribution in [0.1, 0.15) is 30.5 Å². The smallest absolute Gasteiger partial charge is 0.221 e. The molecule has 0 fully saturated rings. The number of carbonyl (C=O) groups excluding carboxylic acids is 1. The number of nitrogens with zero attached hydrogens (tertiary/aromatic N) is 4. The van der Waals surface area contributed by atoms with Crippen LogP contribution in [0.5, 0.6) is 0 Å². The number of nitrogens with one attached hydrogen (secondary N) is 1. The van der Waals surface area contributed by atoms with E-state index in [0.29, 0.717) is 12.2 Å². The molecule has 1 aromatic heterocycles. The molecule has 112 valence electrons. The van der Waals surface area contributed by atoms with E-state index in [1.807, 2.05) is 25.1 Å². The zero-order valence-corrected chi connectivity index (χ0v) is 13.2. The summed E-state index contributed by atoms with van der Waals surface area (Å²) in [6, 6.07) is 8.09. The number of tetrazole rings is 1. The van der Waals surface area contributed by atoms with Gasteiger partial charge in [-0.15, -0.1) is 5.10 Å². The SMILES string of the molecule is Cc1ccccc1[C@H](C)NC(=O)CCSc1nnnn1C. The van der Waals surface area contributed by atoms with E-state index in [-0.39, 0.29) is 11.9 Å². The molecule has 0 saturated heterocycles. The first-order valence-electron chi connectivity index (χ1n) is 6.78. The number of thioether (sulfide) groups is 1. The van der Waals surface area contributed by atoms with E-state index in [1.165, 1.54) is 17.3 Å². The molecule has 2 aromatic rings. The van der Waals surface area contributed by atoms with Gasteiger partial charge in [0.05, 0.1) is 6.04 Å². The first-order valence-corrected chi connectivity index (χ1v) is 7.76. The summed E-state index contributed by atoms with van der Waals surface area (Å²) in [5, 5.41) is 14.9. The van der Waals surface area contributed by atoms with Gasteiger partial charge in [0.15, 0.2) is 0 Å². The summed E-state index contributed by atoms with van der Waals surface area (Å²) in [5.74, 6) is 0.689. The van der Waals surface area contributed by atoms with Crippen molar-refractivity contribution < 1.29 is 4.79 Å². The van der Waals surface area contributed by atoms with Crippen LogP contribution in [0.4, 0.5) is 0 Å². The van der Waals surface area contributed by atoms with Crippen molar-refractivity contribution in [1.29, 1.82) is 0 Å². The highest BCUT2D eigenvalue weighted by atomic mass is 32.2. The summed E-state index contributed by atoms with van der Waals surface area (Å²) in [6.07, 6.45) is 0.438. The van der Waals surface area contributed by atoms with Crippen molar-refractivity contribution >= 4 is 17.7 Å². The lowest BCUT2D eigenvalue weighted by Crippen LogP contribution is -2.27. The maximum absolute atomic E-state index is 12.0. The standard InChI is InChI=1S/C14H19N5OS/c1-10-6-4-5-7-12(10)11(2)15-13(20)8-9-21-14-16-17-18-19(14)3/h4-7,11H,8-9H2,1-3H3,(H,15,20)/t11-/m0/s1. The Morgan fingerprint density at radius 2 is 2.19 bits per heavy atom. The summed E-state index contributed by atoms with van der Waals surface area (Å²) in [6.45, 7) is 4.05. The molecule has 7 heteroatoms. The molecule has 1 heterocycles. The van der Waals surface area contributed by atoms with Crippen molar-refractivity contribution in [2.24, 2.45) is 7.05 Å². The first-order chi connectivity index (χ1) is 10.1. The molecule has 1 N–H and O–H groups in total. The highest BCUT2D eigenvalue weighted by Gasteiger charge is 2.12. The predicted octanol–water partition coefficient (Wildman–Crippen LogP) is 1.88. The topological polar surface area (TPSA) is 72.7 Å². The van der Waals surface area contributed by atoms with E-state index in [0.717, 1.165) is 10.7 Å². The van der Waals surface area contributed by atoms with Gasteiger partial charge in [0, 0.05) is 19.2 Å². The van der Waals surface area contributed by atoms with Gasteiger partial charge in [-0.3, -0.25) is 4.79 Å². The third kappa shape index (κ3) is 4.29. The fraction of sp³-hybridized carbons (Fsp3) is 0.429. The van der Waals surface area contributed by atoms with Crippen LogP contribution in [0.3, 0.4) is 0 Å². The molecule has 0 bridgehead atoms. The zero-order valence-electron chi connectivity index (χ0n) is 12.4. The molecule has 1 atom stereocenters. The average molecular weight is 305 g/mol. The van der Waals surface area contributed by atoms with E-state index in [2.05, 4.69) is 33.8 Å². The van der Waals surface area contributed by atoms with Gasteiger partial charge in [-0.2, -0.15) is 0 Å². The van der Waals surface area contributed by atoms with Crippen LogP contribution < -0.4 is 5.32 Å². The van der Waals surface area contributed by atoms with E-state index in [9.17, 15) is 4.79 Å². The lowest BCUT2D eigenvalue weighted by Gasteiger charge is -2.16. The average Bonchev–Trinajstić information content (AvgIpc) is 2.85. The van der Waals surface area contributed by atoms with Crippen molar-refractivity contribution in [2.75, 3.05) is 5.75 Å². The third-order valence-electron chi connectivity index (χ3n) is 3.17. The number of carbonyl (C=O) groups is 1. The lowest BCUT2D eigenvalue weighted by molar-refractivity contribution is -0.121. The molecular weight excluding hydrogens is 286 g/mol. The van der Waals surface area contributed by atoms with Gasteiger partial charge in [0.1, 0.15) is 0 Å². The Kier molecular flexibility index (Phi) is 5.32. The fourth-order valence-corrected chi connectivity index (χ4v) is 2.83. The number of aryl methyl sites for hydroxylation is 2. The second-order valence-corrected chi connectivity index (χ2v) is 5.89. The minimum atomic E-state index is 0.0141. The van der Waals surface area contributed by atoms with Gasteiger partial charge in [-0.25, -0.2) is 4.68 Å². The van der Waals surface area contributed by atoms with Crippen LogP contribution in [-0.4, -0.2) is 31.9 Å². The van der Waals surface area contributed by atoms with Crippen LogP contribution in [-0.2, 0) is 11.8 Å². The van der Waals surface area contributed by atoms with Crippen molar-refractivity contribution in [3.05, 3.63) is 35.4 Å². The molecule has 0 aliphatic heterocycles. The summed E-state index contributed by atoms with van der Waals surface area (Å²) in [7, 11) is 1.78. The van der Waals surface area contributed by atoms with Crippen LogP contribution in [0, 0.1) is 6.92 Å². The molecule has 0 unspecified atom stereocenters. The Morgan fingerprint density at radius 1 is 1.43 bits per heavy atom. The summed E-state index contributed by atoms with van der Waals surface area (Å²) in [4.78, 5) is 12.0. The van der Waals surface area contributed by atoms with E-state index >= 15 is 0 Å². The number of rotatable bonds is 6. The Labute approximate surface area is 128 Å². The maximum atomic E-state index is 12.0. The molecule has 0 aliphatic rings. The van der Waals surface area contributed by atoms with Crippen LogP contribution >= 0.6 is 11.8 Å². The number of hydrogen-bond acceptors (Lipinski definition) is 5. The van der Waals surface area contributed by atoms with Gasteiger partial charge >= 0.3 is 0 Å². The van der Waals surface area contributed by atoms with Crippen molar-refractivity contribution in [3.8, 4) is 0 Å². The Hall–Kier alpha value is -1.89. The monoisotopic (exact) mass is 305 g/mol. The molecule has 0 radical (unpaired) electrons. The highest BCUT2D eigenvalue weighted by Crippen LogP contribution is 2.17. The molecular formula is C14H19N5OS. The summed E-state index contributed by atoms with van der Waals surface area (Å²) in [5.41, 5.74) is 2.33. The van der Waals surface area contributed by atoms with Gasteiger partial charge in [-0.1, -0.05) is 36.0 Å². The maximum Gasteiger partial charge on any atom is 0.221 e. The molecule has 6 nitrogen and oxygen atoms in total. The van der Waals surface area contributed by atoms with Crippen molar-refractivity contribution in [1.82, 2.24) is 25.5 Å². The Morgan fingerprint density at radius 3 is 2.86 bits per heavy atom. The quantitative estimate of drug-likeness (QED) is 0.825. The van der Waals surface area contributed by atoms with E-state index < -0.39 is 0 Å². The summed E-state index contributed by atoms with van der Waals surface area (Å²) < 4.78 is 1.60. The van der Waals surface area contributed by atoms with Crippen LogP contribution in [0.15, 0.2) is 29.4 Å². The van der Waals surface area contributed by atoms with Gasteiger partial charge in [0.25, 0.3) is 0 Å². The van der Waals surface area contributed by atoms with E-state index in [4.69, 9.17) is 0 Å². The molecule has 2 rings (SSSR count). The lowest BCUT2D eigenvalue weighted by atomic mass is 10.0. The number of amides is 1. The molecule has 1 aromatic carbocycles. The normalized spacial score (nSPS) is 12.1. The third-order valence-corrected chi connectivity index (χ3v) is 4.19. The molecule has 0 aliphatic carbocycles. The second kappa shape index (κ2) is 7.21. The van der Waals surface area contributed by atoms with Crippen LogP contribution in [0.25, 0.3) is 0 Å². The molecule has 0 spiro atoms. The number of hydrogen-bond donors (Lipinski definition) is 1. The van der Waals surface area contributed by atoms with E-state index in [1.54, 1.807) is 11.7 Å². The van der Waals surface area contributed by atoms with Crippen molar-refractivity contribution in [3.63, 3.8) is 0 Å². The van der Waals surface area contributed by atoms with Gasteiger partial charge < -0.3 is 5.32 Å². The largest absolute Gasteiger partial charge is 0.350 e. The van der Waals surface area contributed by atoms with Gasteiger partial charge in [-0.05, 0) is 35.4 Å². The highest BCUT2D eigenvalue weighted by molar-refractivity contribution is 7.99. The Balaban J connectivity index is 1.79. The first kappa shape index (κ1) is 15.5. The van der Waals surface area contributed by atoms with Crippen LogP contribution in [0.2, 0.25) is 0 Å².